The van der Waals surface area contributed by atoms with E-state index in [0.29, 0.717) is 6.42 Å². The Hall–Kier alpha value is -0.930. The molecule has 0 heterocycles. The Morgan fingerprint density at radius 1 is 1.27 bits per heavy atom. The predicted octanol–water partition coefficient (Wildman–Crippen LogP) is 1.68. The summed E-state index contributed by atoms with van der Waals surface area (Å²) < 4.78 is 13.2. The van der Waals surface area contributed by atoms with Crippen molar-refractivity contribution in [1.29, 1.82) is 0 Å². The SMILES string of the molecule is CN(CCCO)CCc1ccccc1F. The van der Waals surface area contributed by atoms with Gasteiger partial charge in [0.1, 0.15) is 5.82 Å². The van der Waals surface area contributed by atoms with Crippen LogP contribution < -0.4 is 0 Å². The highest BCUT2D eigenvalue weighted by molar-refractivity contribution is 5.17. The quantitative estimate of drug-likeness (QED) is 0.774. The molecule has 0 saturated heterocycles. The van der Waals surface area contributed by atoms with E-state index in [4.69, 9.17) is 5.11 Å². The van der Waals surface area contributed by atoms with Crippen molar-refractivity contribution in [3.05, 3.63) is 35.6 Å². The Morgan fingerprint density at radius 2 is 2.00 bits per heavy atom. The van der Waals surface area contributed by atoms with Gasteiger partial charge in [-0.1, -0.05) is 18.2 Å². The van der Waals surface area contributed by atoms with Crippen LogP contribution in [-0.4, -0.2) is 36.8 Å². The third-order valence-corrected chi connectivity index (χ3v) is 2.42. The molecule has 1 rings (SSSR count). The van der Waals surface area contributed by atoms with E-state index >= 15 is 0 Å². The molecule has 0 aliphatic heterocycles. The summed E-state index contributed by atoms with van der Waals surface area (Å²) in [5, 5.41) is 8.66. The maximum absolute atomic E-state index is 13.2. The van der Waals surface area contributed by atoms with Crippen LogP contribution in [0.1, 0.15) is 12.0 Å². The summed E-state index contributed by atoms with van der Waals surface area (Å²) in [5.74, 6) is -0.131. The van der Waals surface area contributed by atoms with E-state index in [1.54, 1.807) is 6.07 Å². The maximum Gasteiger partial charge on any atom is 0.126 e. The first-order valence-corrected chi connectivity index (χ1v) is 5.27. The minimum Gasteiger partial charge on any atom is -0.396 e. The van der Waals surface area contributed by atoms with Crippen LogP contribution in [0, 0.1) is 5.82 Å². The first-order valence-electron chi connectivity index (χ1n) is 5.27. The molecule has 0 radical (unpaired) electrons. The Balaban J connectivity index is 2.33. The lowest BCUT2D eigenvalue weighted by Gasteiger charge is -2.15. The van der Waals surface area contributed by atoms with Gasteiger partial charge < -0.3 is 10.0 Å². The fourth-order valence-electron chi connectivity index (χ4n) is 1.46. The van der Waals surface area contributed by atoms with E-state index in [9.17, 15) is 4.39 Å². The highest BCUT2D eigenvalue weighted by atomic mass is 19.1. The van der Waals surface area contributed by atoms with E-state index < -0.39 is 0 Å². The number of rotatable bonds is 6. The van der Waals surface area contributed by atoms with Crippen molar-refractivity contribution >= 4 is 0 Å². The van der Waals surface area contributed by atoms with Gasteiger partial charge in [-0.25, -0.2) is 4.39 Å². The Kier molecular flexibility index (Phi) is 5.29. The van der Waals surface area contributed by atoms with Crippen molar-refractivity contribution in [3.63, 3.8) is 0 Å². The zero-order valence-electron chi connectivity index (χ0n) is 9.12. The molecule has 0 fully saturated rings. The van der Waals surface area contributed by atoms with E-state index in [-0.39, 0.29) is 12.4 Å². The number of hydrogen-bond donors (Lipinski definition) is 1. The molecule has 0 saturated carbocycles. The van der Waals surface area contributed by atoms with Crippen LogP contribution in [0.25, 0.3) is 0 Å². The van der Waals surface area contributed by atoms with E-state index in [1.165, 1.54) is 6.07 Å². The predicted molar refractivity (Wildman–Crippen MR) is 59.3 cm³/mol. The lowest BCUT2D eigenvalue weighted by atomic mass is 10.1. The minimum absolute atomic E-state index is 0.131. The number of aliphatic hydroxyl groups excluding tert-OH is 1. The van der Waals surface area contributed by atoms with Gasteiger partial charge in [0.25, 0.3) is 0 Å². The molecule has 1 N–H and O–H groups in total. The highest BCUT2D eigenvalue weighted by Gasteiger charge is 2.02. The zero-order valence-corrected chi connectivity index (χ0v) is 9.12. The summed E-state index contributed by atoms with van der Waals surface area (Å²) in [5.41, 5.74) is 0.758. The summed E-state index contributed by atoms with van der Waals surface area (Å²) in [6.45, 7) is 1.88. The normalized spacial score (nSPS) is 10.9. The largest absolute Gasteiger partial charge is 0.396 e. The zero-order chi connectivity index (χ0) is 11.1. The van der Waals surface area contributed by atoms with E-state index in [0.717, 1.165) is 25.1 Å². The smallest absolute Gasteiger partial charge is 0.126 e. The van der Waals surface area contributed by atoms with Crippen LogP contribution in [0.5, 0.6) is 0 Å². The third-order valence-electron chi connectivity index (χ3n) is 2.42. The molecule has 1 aromatic rings. The molecule has 3 heteroatoms. The molecule has 0 aliphatic carbocycles. The highest BCUT2D eigenvalue weighted by Crippen LogP contribution is 2.07. The molecule has 0 spiro atoms. The molecule has 0 aromatic heterocycles. The van der Waals surface area contributed by atoms with Crippen LogP contribution >= 0.6 is 0 Å². The molecule has 2 nitrogen and oxygen atoms in total. The van der Waals surface area contributed by atoms with Crippen LogP contribution in [0.2, 0.25) is 0 Å². The standard InChI is InChI=1S/C12H18FNO/c1-14(8-4-10-15)9-7-11-5-2-3-6-12(11)13/h2-3,5-6,15H,4,7-10H2,1H3. The van der Waals surface area contributed by atoms with Crippen LogP contribution in [0.3, 0.4) is 0 Å². The van der Waals surface area contributed by atoms with E-state index in [1.807, 2.05) is 19.2 Å². The Morgan fingerprint density at radius 3 is 2.67 bits per heavy atom. The summed E-state index contributed by atoms with van der Waals surface area (Å²) in [4.78, 5) is 2.10. The number of aliphatic hydroxyl groups is 1. The third kappa shape index (κ3) is 4.40. The van der Waals surface area contributed by atoms with Gasteiger partial charge >= 0.3 is 0 Å². The fourth-order valence-corrected chi connectivity index (χ4v) is 1.46. The summed E-state index contributed by atoms with van der Waals surface area (Å²) in [6.07, 6.45) is 1.49. The molecule has 15 heavy (non-hydrogen) atoms. The number of benzene rings is 1. The second kappa shape index (κ2) is 6.53. The average Bonchev–Trinajstić information content (AvgIpc) is 2.25. The monoisotopic (exact) mass is 211 g/mol. The van der Waals surface area contributed by atoms with Gasteiger partial charge in [0.15, 0.2) is 0 Å². The van der Waals surface area contributed by atoms with Crippen LogP contribution in [0.4, 0.5) is 4.39 Å². The van der Waals surface area contributed by atoms with Gasteiger partial charge in [-0.2, -0.15) is 0 Å². The lowest BCUT2D eigenvalue weighted by Crippen LogP contribution is -2.23. The van der Waals surface area contributed by atoms with Crippen molar-refractivity contribution in [3.8, 4) is 0 Å². The molecule has 0 unspecified atom stereocenters. The topological polar surface area (TPSA) is 23.5 Å². The molecular weight excluding hydrogens is 193 g/mol. The van der Waals surface area contributed by atoms with Gasteiger partial charge in [0.05, 0.1) is 0 Å². The first kappa shape index (κ1) is 12.1. The van der Waals surface area contributed by atoms with Crippen molar-refractivity contribution in [2.24, 2.45) is 0 Å². The van der Waals surface area contributed by atoms with Crippen LogP contribution in [0.15, 0.2) is 24.3 Å². The van der Waals surface area contributed by atoms with Gasteiger partial charge in [0, 0.05) is 19.7 Å². The summed E-state index contributed by atoms with van der Waals surface area (Å²) >= 11 is 0. The fraction of sp³-hybridized carbons (Fsp3) is 0.500. The van der Waals surface area contributed by atoms with E-state index in [2.05, 4.69) is 4.90 Å². The van der Waals surface area contributed by atoms with Gasteiger partial charge in [-0.3, -0.25) is 0 Å². The Bertz CT molecular complexity index is 291. The summed E-state index contributed by atoms with van der Waals surface area (Å²) in [6, 6.07) is 6.86. The van der Waals surface area contributed by atoms with Crippen molar-refractivity contribution in [2.45, 2.75) is 12.8 Å². The van der Waals surface area contributed by atoms with Crippen molar-refractivity contribution < 1.29 is 9.50 Å². The minimum atomic E-state index is -0.131. The Labute approximate surface area is 90.3 Å². The second-order valence-electron chi connectivity index (χ2n) is 3.72. The van der Waals surface area contributed by atoms with Gasteiger partial charge in [0.2, 0.25) is 0 Å². The molecule has 0 amide bonds. The number of halogens is 1. The van der Waals surface area contributed by atoms with Crippen molar-refractivity contribution in [2.75, 3.05) is 26.7 Å². The van der Waals surface area contributed by atoms with Crippen molar-refractivity contribution in [1.82, 2.24) is 4.90 Å². The molecule has 0 aliphatic rings. The first-order chi connectivity index (χ1) is 7.24. The number of nitrogens with zero attached hydrogens (tertiary/aromatic N) is 1. The molecule has 0 bridgehead atoms. The number of hydrogen-bond acceptors (Lipinski definition) is 2. The molecule has 1 aromatic carbocycles. The maximum atomic E-state index is 13.2. The molecule has 84 valence electrons. The van der Waals surface area contributed by atoms with Gasteiger partial charge in [-0.15, -0.1) is 0 Å². The van der Waals surface area contributed by atoms with Crippen LogP contribution in [-0.2, 0) is 6.42 Å². The second-order valence-corrected chi connectivity index (χ2v) is 3.72. The lowest BCUT2D eigenvalue weighted by molar-refractivity contribution is 0.248. The van der Waals surface area contributed by atoms with Gasteiger partial charge in [-0.05, 0) is 31.5 Å². The molecular formula is C12H18FNO. The number of likely N-dealkylation sites (N-methyl/N-ethyl adjacent to an activating group) is 1. The summed E-state index contributed by atoms with van der Waals surface area (Å²) in [7, 11) is 1.98. The molecule has 0 atom stereocenters. The average molecular weight is 211 g/mol.